The summed E-state index contributed by atoms with van der Waals surface area (Å²) in [5, 5.41) is 11.5. The number of carbonyl (C=O) groups excluding carboxylic acids is 1. The van der Waals surface area contributed by atoms with Crippen molar-refractivity contribution in [1.29, 1.82) is 0 Å². The van der Waals surface area contributed by atoms with Gasteiger partial charge in [0.1, 0.15) is 17.7 Å². The van der Waals surface area contributed by atoms with E-state index in [0.29, 0.717) is 6.42 Å². The van der Waals surface area contributed by atoms with Gasteiger partial charge in [-0.1, -0.05) is 26.3 Å². The maximum atomic E-state index is 13.6. The zero-order valence-electron chi connectivity index (χ0n) is 12.2. The van der Waals surface area contributed by atoms with Gasteiger partial charge in [0.15, 0.2) is 0 Å². The monoisotopic (exact) mass is 299 g/mol. The van der Waals surface area contributed by atoms with E-state index in [9.17, 15) is 18.4 Å². The average Bonchev–Trinajstić information content (AvgIpc) is 2.42. The molecule has 1 amide bonds. The number of carboxylic acids is 1. The molecule has 0 bridgehead atoms. The van der Waals surface area contributed by atoms with E-state index in [4.69, 9.17) is 5.11 Å². The minimum Gasteiger partial charge on any atom is -0.480 e. The molecule has 0 aliphatic carbocycles. The molecule has 1 rings (SSSR count). The largest absolute Gasteiger partial charge is 0.480 e. The molecule has 2 N–H and O–H groups in total. The summed E-state index contributed by atoms with van der Waals surface area (Å²) < 4.78 is 27.3. The first kappa shape index (κ1) is 17.1. The summed E-state index contributed by atoms with van der Waals surface area (Å²) in [6.07, 6.45) is 0.555. The summed E-state index contributed by atoms with van der Waals surface area (Å²) in [5.74, 6) is -4.94. The van der Waals surface area contributed by atoms with Crippen LogP contribution < -0.4 is 5.32 Å². The highest BCUT2D eigenvalue weighted by Crippen LogP contribution is 2.23. The van der Waals surface area contributed by atoms with Crippen molar-refractivity contribution < 1.29 is 23.5 Å². The second kappa shape index (κ2) is 7.15. The molecule has 116 valence electrons. The Morgan fingerprint density at radius 2 is 1.76 bits per heavy atom. The molecule has 0 saturated heterocycles. The normalized spacial score (nSPS) is 15.1. The summed E-state index contributed by atoms with van der Waals surface area (Å²) in [7, 11) is 0. The van der Waals surface area contributed by atoms with Crippen LogP contribution >= 0.6 is 0 Å². The lowest BCUT2D eigenvalue weighted by molar-refractivity contribution is -0.143. The quantitative estimate of drug-likeness (QED) is 0.848. The number of benzene rings is 1. The summed E-state index contributed by atoms with van der Waals surface area (Å²) in [5.41, 5.74) is -0.358. The first-order chi connectivity index (χ1) is 9.79. The van der Waals surface area contributed by atoms with Crippen LogP contribution in [0, 0.1) is 17.6 Å². The lowest BCUT2D eigenvalue weighted by Crippen LogP contribution is -2.46. The van der Waals surface area contributed by atoms with Gasteiger partial charge >= 0.3 is 5.97 Å². The van der Waals surface area contributed by atoms with Gasteiger partial charge in [-0.3, -0.25) is 4.79 Å². The van der Waals surface area contributed by atoms with Gasteiger partial charge in [-0.25, -0.2) is 13.6 Å². The van der Waals surface area contributed by atoms with Crippen LogP contribution in [-0.2, 0) is 9.59 Å². The Bertz CT molecular complexity index is 513. The fraction of sp³-hybridized carbons (Fsp3) is 0.467. The van der Waals surface area contributed by atoms with Crippen molar-refractivity contribution in [3.63, 3.8) is 0 Å². The maximum Gasteiger partial charge on any atom is 0.326 e. The number of hydrogen-bond donors (Lipinski definition) is 2. The predicted octanol–water partition coefficient (Wildman–Crippen LogP) is 2.68. The minimum absolute atomic E-state index is 0.288. The fourth-order valence-corrected chi connectivity index (χ4v) is 2.02. The highest BCUT2D eigenvalue weighted by molar-refractivity contribution is 5.88. The SMILES string of the molecule is CCC(C)C(NC(=O)C(C)c1c(F)cccc1F)C(=O)O. The summed E-state index contributed by atoms with van der Waals surface area (Å²) in [4.78, 5) is 23.2. The van der Waals surface area contributed by atoms with E-state index in [0.717, 1.165) is 12.1 Å². The Labute approximate surface area is 122 Å². The maximum absolute atomic E-state index is 13.6. The molecular weight excluding hydrogens is 280 g/mol. The number of carboxylic acid groups (broad SMARTS) is 1. The van der Waals surface area contributed by atoms with Crippen molar-refractivity contribution in [2.24, 2.45) is 5.92 Å². The molecule has 1 aromatic carbocycles. The van der Waals surface area contributed by atoms with E-state index in [-0.39, 0.29) is 11.5 Å². The molecule has 0 saturated carbocycles. The van der Waals surface area contributed by atoms with Gasteiger partial charge in [0.05, 0.1) is 5.92 Å². The Kier molecular flexibility index (Phi) is 5.81. The molecule has 0 fully saturated rings. The molecule has 0 spiro atoms. The predicted molar refractivity (Wildman–Crippen MR) is 73.8 cm³/mol. The topological polar surface area (TPSA) is 66.4 Å². The molecule has 3 unspecified atom stereocenters. The number of carbonyl (C=O) groups is 2. The van der Waals surface area contributed by atoms with Crippen molar-refractivity contribution >= 4 is 11.9 Å². The van der Waals surface area contributed by atoms with Crippen molar-refractivity contribution in [2.75, 3.05) is 0 Å². The minimum atomic E-state index is -1.17. The van der Waals surface area contributed by atoms with Crippen molar-refractivity contribution in [3.05, 3.63) is 35.4 Å². The lowest BCUT2D eigenvalue weighted by atomic mass is 9.95. The highest BCUT2D eigenvalue weighted by Gasteiger charge is 2.29. The van der Waals surface area contributed by atoms with Gasteiger partial charge in [0, 0.05) is 5.56 Å². The van der Waals surface area contributed by atoms with E-state index in [2.05, 4.69) is 5.32 Å². The van der Waals surface area contributed by atoms with Crippen LogP contribution in [0.25, 0.3) is 0 Å². The van der Waals surface area contributed by atoms with Crippen LogP contribution in [0.2, 0.25) is 0 Å². The van der Waals surface area contributed by atoms with Gasteiger partial charge in [-0.05, 0) is 25.0 Å². The van der Waals surface area contributed by atoms with Crippen LogP contribution in [0.5, 0.6) is 0 Å². The molecule has 0 heterocycles. The van der Waals surface area contributed by atoms with Crippen LogP contribution in [0.1, 0.15) is 38.7 Å². The van der Waals surface area contributed by atoms with E-state index in [1.54, 1.807) is 13.8 Å². The standard InChI is InChI=1S/C15H19F2NO3/c1-4-8(2)13(15(20)21)18-14(19)9(3)12-10(16)6-5-7-11(12)17/h5-9,13H,4H2,1-3H3,(H,18,19)(H,20,21). The number of rotatable bonds is 6. The molecule has 6 heteroatoms. The van der Waals surface area contributed by atoms with E-state index >= 15 is 0 Å². The van der Waals surface area contributed by atoms with Gasteiger partial charge < -0.3 is 10.4 Å². The van der Waals surface area contributed by atoms with Gasteiger partial charge in [0.2, 0.25) is 5.91 Å². The number of amides is 1. The second-order valence-corrected chi connectivity index (χ2v) is 5.07. The summed E-state index contributed by atoms with van der Waals surface area (Å²) >= 11 is 0. The number of nitrogens with one attached hydrogen (secondary N) is 1. The number of aliphatic carboxylic acids is 1. The molecule has 1 aromatic rings. The molecule has 0 aromatic heterocycles. The average molecular weight is 299 g/mol. The van der Waals surface area contributed by atoms with Crippen molar-refractivity contribution in [2.45, 2.75) is 39.2 Å². The highest BCUT2D eigenvalue weighted by atomic mass is 19.1. The Hall–Kier alpha value is -1.98. The third kappa shape index (κ3) is 4.00. The van der Waals surface area contributed by atoms with Gasteiger partial charge in [0.25, 0.3) is 0 Å². The van der Waals surface area contributed by atoms with Crippen molar-refractivity contribution in [3.8, 4) is 0 Å². The Morgan fingerprint density at radius 1 is 1.24 bits per heavy atom. The molecule has 0 aliphatic rings. The smallest absolute Gasteiger partial charge is 0.326 e. The van der Waals surface area contributed by atoms with Gasteiger partial charge in [-0.15, -0.1) is 0 Å². The van der Waals surface area contributed by atoms with E-state index in [1.807, 2.05) is 0 Å². The number of halogens is 2. The zero-order chi connectivity index (χ0) is 16.2. The summed E-state index contributed by atoms with van der Waals surface area (Å²) in [6.45, 7) is 4.83. The van der Waals surface area contributed by atoms with Crippen LogP contribution in [-0.4, -0.2) is 23.0 Å². The molecule has 3 atom stereocenters. The number of hydrogen-bond acceptors (Lipinski definition) is 2. The molecule has 0 radical (unpaired) electrons. The first-order valence-corrected chi connectivity index (χ1v) is 6.76. The fourth-order valence-electron chi connectivity index (χ4n) is 2.02. The second-order valence-electron chi connectivity index (χ2n) is 5.07. The van der Waals surface area contributed by atoms with Crippen molar-refractivity contribution in [1.82, 2.24) is 5.32 Å². The van der Waals surface area contributed by atoms with Crippen LogP contribution in [0.3, 0.4) is 0 Å². The van der Waals surface area contributed by atoms with E-state index in [1.165, 1.54) is 13.0 Å². The van der Waals surface area contributed by atoms with E-state index < -0.39 is 35.5 Å². The Balaban J connectivity index is 2.95. The molecule has 4 nitrogen and oxygen atoms in total. The zero-order valence-corrected chi connectivity index (χ0v) is 12.2. The third-order valence-corrected chi connectivity index (χ3v) is 3.60. The lowest BCUT2D eigenvalue weighted by Gasteiger charge is -2.22. The Morgan fingerprint density at radius 3 is 2.19 bits per heavy atom. The summed E-state index contributed by atoms with van der Waals surface area (Å²) in [6, 6.07) is 2.24. The molecule has 21 heavy (non-hydrogen) atoms. The third-order valence-electron chi connectivity index (χ3n) is 3.60. The van der Waals surface area contributed by atoms with Crippen LogP contribution in [0.4, 0.5) is 8.78 Å². The van der Waals surface area contributed by atoms with Crippen LogP contribution in [0.15, 0.2) is 18.2 Å². The molecule has 0 aliphatic heterocycles. The van der Waals surface area contributed by atoms with Gasteiger partial charge in [-0.2, -0.15) is 0 Å². The first-order valence-electron chi connectivity index (χ1n) is 6.76. The molecular formula is C15H19F2NO3.